The zero-order valence-electron chi connectivity index (χ0n) is 11.4. The van der Waals surface area contributed by atoms with Crippen LogP contribution in [0.5, 0.6) is 0 Å². The number of likely N-dealkylation sites (N-methyl/N-ethyl adjacent to an activating group) is 1. The Morgan fingerprint density at radius 3 is 3.00 bits per heavy atom. The van der Waals surface area contributed by atoms with Crippen LogP contribution in [0.1, 0.15) is 37.2 Å². The molecule has 0 radical (unpaired) electrons. The average Bonchev–Trinajstić information content (AvgIpc) is 2.89. The van der Waals surface area contributed by atoms with Gasteiger partial charge in [0.1, 0.15) is 5.69 Å². The molecule has 1 atom stereocenters. The smallest absolute Gasteiger partial charge is 0.270 e. The number of aryl methyl sites for hydroxylation is 1. The second-order valence-corrected chi connectivity index (χ2v) is 4.77. The predicted molar refractivity (Wildman–Crippen MR) is 72.7 cm³/mol. The molecule has 0 aromatic carbocycles. The van der Waals surface area contributed by atoms with E-state index in [0.717, 1.165) is 44.7 Å². The highest BCUT2D eigenvalue weighted by molar-refractivity contribution is 5.93. The normalized spacial score (nSPS) is 19.8. The van der Waals surface area contributed by atoms with Gasteiger partial charge in [-0.15, -0.1) is 0 Å². The minimum absolute atomic E-state index is 0.165. The van der Waals surface area contributed by atoms with Gasteiger partial charge >= 0.3 is 0 Å². The Morgan fingerprint density at radius 1 is 1.56 bits per heavy atom. The number of piperidine rings is 1. The zero-order valence-corrected chi connectivity index (χ0v) is 11.4. The fraction of sp³-hybridized carbons (Fsp3) is 0.643. The van der Waals surface area contributed by atoms with E-state index in [2.05, 4.69) is 19.2 Å². The van der Waals surface area contributed by atoms with Gasteiger partial charge in [-0.3, -0.25) is 4.79 Å². The van der Waals surface area contributed by atoms with E-state index in [1.165, 1.54) is 0 Å². The molecule has 18 heavy (non-hydrogen) atoms. The first-order valence-electron chi connectivity index (χ1n) is 6.94. The fourth-order valence-electron chi connectivity index (χ4n) is 2.70. The lowest BCUT2D eigenvalue weighted by Crippen LogP contribution is -2.49. The first-order valence-corrected chi connectivity index (χ1v) is 6.94. The lowest BCUT2D eigenvalue weighted by Gasteiger charge is -2.34. The monoisotopic (exact) mass is 249 g/mol. The summed E-state index contributed by atoms with van der Waals surface area (Å²) in [5, 5.41) is 3.38. The molecule has 1 amide bonds. The van der Waals surface area contributed by atoms with Crippen LogP contribution in [0.2, 0.25) is 0 Å². The molecule has 100 valence electrons. The van der Waals surface area contributed by atoms with Gasteiger partial charge in [0, 0.05) is 31.9 Å². The van der Waals surface area contributed by atoms with Gasteiger partial charge in [-0.2, -0.15) is 0 Å². The van der Waals surface area contributed by atoms with Crippen molar-refractivity contribution in [1.82, 2.24) is 14.8 Å². The predicted octanol–water partition coefficient (Wildman–Crippen LogP) is 1.72. The Hall–Kier alpha value is -1.29. The molecule has 1 fully saturated rings. The third-order valence-electron chi connectivity index (χ3n) is 3.70. The number of hydrogen-bond donors (Lipinski definition) is 1. The zero-order chi connectivity index (χ0) is 13.0. The fourth-order valence-corrected chi connectivity index (χ4v) is 2.70. The summed E-state index contributed by atoms with van der Waals surface area (Å²) < 4.78 is 2.02. The molecule has 1 aromatic heterocycles. The molecule has 1 unspecified atom stereocenters. The largest absolute Gasteiger partial charge is 0.344 e. The lowest BCUT2D eigenvalue weighted by atomic mass is 10.1. The Labute approximate surface area is 109 Å². The molecule has 1 aliphatic rings. The van der Waals surface area contributed by atoms with E-state index in [1.54, 1.807) is 0 Å². The standard InChI is InChI=1S/C14H23N3O/c1-3-16-10-6-8-13(16)14(18)17(4-2)12-7-5-9-15-11-12/h6,8,10,12,15H,3-5,7,9,11H2,1-2H3. The molecule has 0 saturated carbocycles. The summed E-state index contributed by atoms with van der Waals surface area (Å²) in [7, 11) is 0. The topological polar surface area (TPSA) is 37.3 Å². The van der Waals surface area contributed by atoms with Crippen molar-refractivity contribution in [2.24, 2.45) is 0 Å². The van der Waals surface area contributed by atoms with E-state index in [4.69, 9.17) is 0 Å². The van der Waals surface area contributed by atoms with Crippen LogP contribution in [0, 0.1) is 0 Å². The number of nitrogens with one attached hydrogen (secondary N) is 1. The molecule has 2 rings (SSSR count). The van der Waals surface area contributed by atoms with Crippen molar-refractivity contribution in [3.8, 4) is 0 Å². The number of nitrogens with zero attached hydrogens (tertiary/aromatic N) is 2. The highest BCUT2D eigenvalue weighted by Crippen LogP contribution is 2.15. The van der Waals surface area contributed by atoms with Crippen LogP contribution in [0.4, 0.5) is 0 Å². The third-order valence-corrected chi connectivity index (χ3v) is 3.70. The van der Waals surface area contributed by atoms with E-state index < -0.39 is 0 Å². The molecular formula is C14H23N3O. The van der Waals surface area contributed by atoms with Crippen LogP contribution < -0.4 is 5.32 Å². The Kier molecular flexibility index (Phi) is 4.42. The summed E-state index contributed by atoms with van der Waals surface area (Å²) in [5.74, 6) is 0.165. The Balaban J connectivity index is 2.14. The number of carbonyl (C=O) groups is 1. The van der Waals surface area contributed by atoms with Crippen LogP contribution in [0.3, 0.4) is 0 Å². The summed E-state index contributed by atoms with van der Waals surface area (Å²) in [6.45, 7) is 7.75. The van der Waals surface area contributed by atoms with E-state index in [9.17, 15) is 4.79 Å². The van der Waals surface area contributed by atoms with E-state index in [1.807, 2.05) is 27.8 Å². The van der Waals surface area contributed by atoms with Gasteiger partial charge in [-0.25, -0.2) is 0 Å². The van der Waals surface area contributed by atoms with Crippen LogP contribution in [0.15, 0.2) is 18.3 Å². The number of hydrogen-bond acceptors (Lipinski definition) is 2. The van der Waals surface area contributed by atoms with Crippen LogP contribution in [-0.2, 0) is 6.54 Å². The van der Waals surface area contributed by atoms with Crippen LogP contribution in [-0.4, -0.2) is 41.1 Å². The minimum atomic E-state index is 0.165. The average molecular weight is 249 g/mol. The SMILES string of the molecule is CCN(C(=O)c1cccn1CC)C1CCCNC1. The minimum Gasteiger partial charge on any atom is -0.344 e. The second kappa shape index (κ2) is 6.05. The molecule has 0 bridgehead atoms. The second-order valence-electron chi connectivity index (χ2n) is 4.77. The van der Waals surface area contributed by atoms with Crippen molar-refractivity contribution in [2.45, 2.75) is 39.3 Å². The van der Waals surface area contributed by atoms with Crippen molar-refractivity contribution in [1.29, 1.82) is 0 Å². The quantitative estimate of drug-likeness (QED) is 0.882. The first kappa shape index (κ1) is 13.1. The molecule has 4 heteroatoms. The van der Waals surface area contributed by atoms with Crippen molar-refractivity contribution in [3.05, 3.63) is 24.0 Å². The molecule has 1 aromatic rings. The number of carbonyl (C=O) groups excluding carboxylic acids is 1. The maximum absolute atomic E-state index is 12.6. The molecule has 1 aliphatic heterocycles. The highest BCUT2D eigenvalue weighted by atomic mass is 16.2. The maximum atomic E-state index is 12.6. The van der Waals surface area contributed by atoms with E-state index >= 15 is 0 Å². The number of aromatic nitrogens is 1. The van der Waals surface area contributed by atoms with Gasteiger partial charge in [0.25, 0.3) is 5.91 Å². The van der Waals surface area contributed by atoms with Crippen LogP contribution >= 0.6 is 0 Å². The summed E-state index contributed by atoms with van der Waals surface area (Å²) in [5.41, 5.74) is 0.810. The van der Waals surface area contributed by atoms with Crippen LogP contribution in [0.25, 0.3) is 0 Å². The molecular weight excluding hydrogens is 226 g/mol. The molecule has 0 spiro atoms. The summed E-state index contributed by atoms with van der Waals surface area (Å²) >= 11 is 0. The number of amides is 1. The van der Waals surface area contributed by atoms with Crippen molar-refractivity contribution >= 4 is 5.91 Å². The Morgan fingerprint density at radius 2 is 2.39 bits per heavy atom. The van der Waals surface area contributed by atoms with E-state index in [0.29, 0.717) is 6.04 Å². The number of rotatable bonds is 4. The Bertz CT molecular complexity index is 393. The van der Waals surface area contributed by atoms with Gasteiger partial charge < -0.3 is 14.8 Å². The van der Waals surface area contributed by atoms with Gasteiger partial charge in [0.15, 0.2) is 0 Å². The molecule has 4 nitrogen and oxygen atoms in total. The molecule has 1 N–H and O–H groups in total. The van der Waals surface area contributed by atoms with Crippen molar-refractivity contribution in [2.75, 3.05) is 19.6 Å². The lowest BCUT2D eigenvalue weighted by molar-refractivity contribution is 0.0651. The summed E-state index contributed by atoms with van der Waals surface area (Å²) in [6.07, 6.45) is 4.24. The van der Waals surface area contributed by atoms with Crippen molar-refractivity contribution < 1.29 is 4.79 Å². The van der Waals surface area contributed by atoms with Crippen molar-refractivity contribution in [3.63, 3.8) is 0 Å². The summed E-state index contributed by atoms with van der Waals surface area (Å²) in [4.78, 5) is 14.6. The van der Waals surface area contributed by atoms with Gasteiger partial charge in [-0.05, 0) is 45.4 Å². The van der Waals surface area contributed by atoms with Gasteiger partial charge in [0.05, 0.1) is 0 Å². The first-order chi connectivity index (χ1) is 8.77. The third kappa shape index (κ3) is 2.58. The van der Waals surface area contributed by atoms with E-state index in [-0.39, 0.29) is 5.91 Å². The molecule has 2 heterocycles. The molecule has 0 aliphatic carbocycles. The summed E-state index contributed by atoms with van der Waals surface area (Å²) in [6, 6.07) is 4.21. The maximum Gasteiger partial charge on any atom is 0.270 e. The van der Waals surface area contributed by atoms with Gasteiger partial charge in [-0.1, -0.05) is 0 Å². The highest BCUT2D eigenvalue weighted by Gasteiger charge is 2.26. The molecule has 1 saturated heterocycles. The van der Waals surface area contributed by atoms with Gasteiger partial charge in [0.2, 0.25) is 0 Å².